The topological polar surface area (TPSA) is 47.6 Å². The molecule has 1 N–H and O–H groups in total. The Morgan fingerprint density at radius 2 is 2.09 bits per heavy atom. The molecule has 0 spiro atoms. The lowest BCUT2D eigenvalue weighted by atomic mass is 9.98. The van der Waals surface area contributed by atoms with E-state index < -0.39 is 5.60 Å². The van der Waals surface area contributed by atoms with Gasteiger partial charge in [0.05, 0.1) is 6.61 Å². The van der Waals surface area contributed by atoms with Crippen LogP contribution < -0.4 is 10.1 Å². The fourth-order valence-corrected chi connectivity index (χ4v) is 2.77. The number of benzene rings is 1. The van der Waals surface area contributed by atoms with Gasteiger partial charge in [0, 0.05) is 12.3 Å². The minimum atomic E-state index is -0.723. The van der Waals surface area contributed by atoms with Gasteiger partial charge in [-0.2, -0.15) is 0 Å². The highest BCUT2D eigenvalue weighted by Crippen LogP contribution is 2.42. The summed E-state index contributed by atoms with van der Waals surface area (Å²) in [6.45, 7) is 9.25. The molecule has 0 heterocycles. The lowest BCUT2D eigenvalue weighted by Crippen LogP contribution is -2.44. The molecular formula is C19H29NO3. The van der Waals surface area contributed by atoms with E-state index in [0.717, 1.165) is 49.3 Å². The molecule has 0 aliphatic heterocycles. The maximum Gasteiger partial charge on any atom is 0.256 e. The summed E-state index contributed by atoms with van der Waals surface area (Å²) in [6, 6.07) is 5.78. The van der Waals surface area contributed by atoms with Crippen molar-refractivity contribution in [1.29, 1.82) is 0 Å². The van der Waals surface area contributed by atoms with Crippen molar-refractivity contribution in [2.75, 3.05) is 18.5 Å². The first-order valence-electron chi connectivity index (χ1n) is 8.70. The van der Waals surface area contributed by atoms with Gasteiger partial charge in [-0.25, -0.2) is 0 Å². The van der Waals surface area contributed by atoms with Crippen molar-refractivity contribution in [3.05, 3.63) is 23.8 Å². The van der Waals surface area contributed by atoms with Gasteiger partial charge >= 0.3 is 0 Å². The zero-order chi connectivity index (χ0) is 16.9. The van der Waals surface area contributed by atoms with Crippen LogP contribution in [-0.4, -0.2) is 24.7 Å². The first-order chi connectivity index (χ1) is 11.0. The summed E-state index contributed by atoms with van der Waals surface area (Å²) >= 11 is 0. The molecule has 0 aromatic heterocycles. The summed E-state index contributed by atoms with van der Waals surface area (Å²) in [5, 5.41) is 3.00. The summed E-state index contributed by atoms with van der Waals surface area (Å²) in [6.07, 6.45) is 4.29. The molecule has 1 aliphatic rings. The van der Waals surface area contributed by atoms with E-state index in [2.05, 4.69) is 12.2 Å². The van der Waals surface area contributed by atoms with Crippen molar-refractivity contribution in [1.82, 2.24) is 0 Å². The van der Waals surface area contributed by atoms with Crippen LogP contribution in [0.4, 0.5) is 5.69 Å². The van der Waals surface area contributed by atoms with Gasteiger partial charge in [0.2, 0.25) is 0 Å². The Morgan fingerprint density at radius 1 is 1.35 bits per heavy atom. The molecule has 4 heteroatoms. The Labute approximate surface area is 139 Å². The van der Waals surface area contributed by atoms with Crippen LogP contribution in [-0.2, 0) is 9.53 Å². The minimum absolute atomic E-state index is 0.0547. The molecule has 1 unspecified atom stereocenters. The quantitative estimate of drug-likeness (QED) is 0.690. The van der Waals surface area contributed by atoms with Gasteiger partial charge < -0.3 is 14.8 Å². The van der Waals surface area contributed by atoms with Gasteiger partial charge in [-0.15, -0.1) is 0 Å². The Bertz CT molecular complexity index is 539. The van der Waals surface area contributed by atoms with E-state index in [4.69, 9.17) is 9.47 Å². The second-order valence-corrected chi connectivity index (χ2v) is 6.45. The Kier molecular flexibility index (Phi) is 6.05. The summed E-state index contributed by atoms with van der Waals surface area (Å²) < 4.78 is 11.5. The highest BCUT2D eigenvalue weighted by atomic mass is 16.5. The van der Waals surface area contributed by atoms with E-state index in [0.29, 0.717) is 12.5 Å². The molecule has 1 fully saturated rings. The van der Waals surface area contributed by atoms with Crippen molar-refractivity contribution in [3.63, 3.8) is 0 Å². The molecule has 1 saturated carbocycles. The predicted molar refractivity (Wildman–Crippen MR) is 93.0 cm³/mol. The summed E-state index contributed by atoms with van der Waals surface area (Å²) in [7, 11) is 0. The van der Waals surface area contributed by atoms with E-state index in [1.165, 1.54) is 0 Å². The van der Waals surface area contributed by atoms with Crippen LogP contribution in [0.5, 0.6) is 5.75 Å². The molecule has 2 rings (SSSR count). The van der Waals surface area contributed by atoms with Crippen LogP contribution in [0.15, 0.2) is 18.2 Å². The van der Waals surface area contributed by atoms with Gasteiger partial charge in [0.25, 0.3) is 5.91 Å². The van der Waals surface area contributed by atoms with E-state index in [1.54, 1.807) is 0 Å². The van der Waals surface area contributed by atoms with Gasteiger partial charge in [0.1, 0.15) is 11.4 Å². The fraction of sp³-hybridized carbons (Fsp3) is 0.632. The van der Waals surface area contributed by atoms with Gasteiger partial charge in [-0.3, -0.25) is 4.79 Å². The first kappa shape index (κ1) is 17.8. The lowest BCUT2D eigenvalue weighted by molar-refractivity contribution is -0.141. The number of amides is 1. The number of unbranched alkanes of at least 4 members (excludes halogenated alkanes) is 1. The molecule has 0 saturated heterocycles. The Balaban J connectivity index is 2.01. The second-order valence-electron chi connectivity index (χ2n) is 6.45. The fourth-order valence-electron chi connectivity index (χ4n) is 2.77. The molecule has 1 aromatic carbocycles. The number of ether oxygens (including phenoxy) is 2. The number of anilines is 1. The monoisotopic (exact) mass is 319 g/mol. The second kappa shape index (κ2) is 7.82. The van der Waals surface area contributed by atoms with Crippen molar-refractivity contribution < 1.29 is 14.3 Å². The standard InChI is InChI=1S/C19H29NO3/c1-5-7-12-22-17-11-10-16(13-14(17)3)20-18(21)19(4,23-6-2)15-8-9-15/h10-11,13,15H,5-9,12H2,1-4H3,(H,20,21). The SMILES string of the molecule is CCCCOc1ccc(NC(=O)C(C)(OCC)C2CC2)cc1C. The normalized spacial score (nSPS) is 16.7. The number of hydrogen-bond donors (Lipinski definition) is 1. The van der Waals surface area contributed by atoms with Crippen LogP contribution in [0.25, 0.3) is 0 Å². The molecule has 1 atom stereocenters. The third-order valence-electron chi connectivity index (χ3n) is 4.44. The smallest absolute Gasteiger partial charge is 0.256 e. The average Bonchev–Trinajstić information content (AvgIpc) is 3.35. The molecule has 1 aliphatic carbocycles. The predicted octanol–water partition coefficient (Wildman–Crippen LogP) is 4.32. The van der Waals surface area contributed by atoms with Crippen molar-refractivity contribution in [3.8, 4) is 5.75 Å². The average molecular weight is 319 g/mol. The Hall–Kier alpha value is -1.55. The number of hydrogen-bond acceptors (Lipinski definition) is 3. The summed E-state index contributed by atoms with van der Waals surface area (Å²) in [5.41, 5.74) is 1.10. The molecule has 1 amide bonds. The largest absolute Gasteiger partial charge is 0.493 e. The zero-order valence-corrected chi connectivity index (χ0v) is 14.8. The third kappa shape index (κ3) is 4.47. The molecule has 1 aromatic rings. The number of aryl methyl sites for hydroxylation is 1. The maximum atomic E-state index is 12.6. The van der Waals surface area contributed by atoms with Crippen molar-refractivity contribution in [2.24, 2.45) is 5.92 Å². The molecule has 0 radical (unpaired) electrons. The van der Waals surface area contributed by atoms with Crippen LogP contribution in [0, 0.1) is 12.8 Å². The summed E-state index contributed by atoms with van der Waals surface area (Å²) in [5.74, 6) is 1.16. The van der Waals surface area contributed by atoms with Crippen molar-refractivity contribution >= 4 is 11.6 Å². The summed E-state index contributed by atoms with van der Waals surface area (Å²) in [4.78, 5) is 12.6. The molecule has 0 bridgehead atoms. The minimum Gasteiger partial charge on any atom is -0.493 e. The number of nitrogens with one attached hydrogen (secondary N) is 1. The molecule has 4 nitrogen and oxygen atoms in total. The van der Waals surface area contributed by atoms with Crippen LogP contribution in [0.2, 0.25) is 0 Å². The van der Waals surface area contributed by atoms with E-state index in [-0.39, 0.29) is 5.91 Å². The molecular weight excluding hydrogens is 290 g/mol. The zero-order valence-electron chi connectivity index (χ0n) is 14.8. The van der Waals surface area contributed by atoms with Crippen LogP contribution in [0.1, 0.15) is 52.0 Å². The molecule has 23 heavy (non-hydrogen) atoms. The van der Waals surface area contributed by atoms with Gasteiger partial charge in [-0.05, 0) is 69.7 Å². The maximum absolute atomic E-state index is 12.6. The Morgan fingerprint density at radius 3 is 2.65 bits per heavy atom. The van der Waals surface area contributed by atoms with Crippen LogP contribution >= 0.6 is 0 Å². The molecule has 128 valence electrons. The van der Waals surface area contributed by atoms with E-state index in [9.17, 15) is 4.79 Å². The van der Waals surface area contributed by atoms with Crippen molar-refractivity contribution in [2.45, 2.75) is 59.0 Å². The van der Waals surface area contributed by atoms with Gasteiger partial charge in [-0.1, -0.05) is 13.3 Å². The highest BCUT2D eigenvalue weighted by molar-refractivity contribution is 5.97. The van der Waals surface area contributed by atoms with Crippen LogP contribution in [0.3, 0.4) is 0 Å². The lowest BCUT2D eigenvalue weighted by Gasteiger charge is -2.28. The first-order valence-corrected chi connectivity index (χ1v) is 8.70. The van der Waals surface area contributed by atoms with E-state index >= 15 is 0 Å². The number of carbonyl (C=O) groups excluding carboxylic acids is 1. The number of rotatable bonds is 9. The number of carbonyl (C=O) groups is 1. The highest BCUT2D eigenvalue weighted by Gasteiger charge is 2.48. The van der Waals surface area contributed by atoms with Gasteiger partial charge in [0.15, 0.2) is 0 Å². The third-order valence-corrected chi connectivity index (χ3v) is 4.44. The van der Waals surface area contributed by atoms with E-state index in [1.807, 2.05) is 39.0 Å².